The molecule has 0 bridgehead atoms. The highest BCUT2D eigenvalue weighted by Crippen LogP contribution is 2.31. The van der Waals surface area contributed by atoms with Gasteiger partial charge >= 0.3 is 6.18 Å². The van der Waals surface area contributed by atoms with Crippen molar-refractivity contribution in [2.24, 2.45) is 0 Å². The number of carbonyl (C=O) groups is 1. The maximum absolute atomic E-state index is 13.4. The molecule has 0 amide bonds. The van der Waals surface area contributed by atoms with Gasteiger partial charge in [-0.05, 0) is 41.0 Å². The Morgan fingerprint density at radius 1 is 1.16 bits per heavy atom. The number of aromatic nitrogens is 1. The molecule has 0 spiro atoms. The smallest absolute Gasteiger partial charge is 0.366 e. The number of morpholine rings is 1. The molecule has 1 unspecified atom stereocenters. The normalized spacial score (nSPS) is 17.8. The summed E-state index contributed by atoms with van der Waals surface area (Å²) in [6, 6.07) is 13.1. The zero-order valence-electron chi connectivity index (χ0n) is 16.7. The zero-order chi connectivity index (χ0) is 22.2. The van der Waals surface area contributed by atoms with Crippen LogP contribution in [0.1, 0.15) is 23.0 Å². The zero-order valence-corrected chi connectivity index (χ0v) is 16.7. The lowest BCUT2D eigenvalue weighted by molar-refractivity contribution is -0.237. The van der Waals surface area contributed by atoms with E-state index in [1.54, 1.807) is 29.2 Å². The average Bonchev–Trinajstić information content (AvgIpc) is 2.73. The molecule has 1 atom stereocenters. The molecule has 0 N–H and O–H groups in total. The van der Waals surface area contributed by atoms with Gasteiger partial charge in [0.2, 0.25) is 0 Å². The molecule has 0 aliphatic carbocycles. The average molecular weight is 432 g/mol. The van der Waals surface area contributed by atoms with Crippen LogP contribution in [0.3, 0.4) is 0 Å². The second-order valence-electron chi connectivity index (χ2n) is 7.61. The van der Waals surface area contributed by atoms with E-state index >= 15 is 0 Å². The van der Waals surface area contributed by atoms with E-state index in [1.807, 2.05) is 12.1 Å². The number of carbonyl (C=O) groups excluding carboxylic acids is 1. The number of hydrogen-bond donors (Lipinski definition) is 0. The van der Waals surface area contributed by atoms with Gasteiger partial charge in [-0.25, -0.2) is 9.37 Å². The highest BCUT2D eigenvalue weighted by atomic mass is 19.4. The fourth-order valence-corrected chi connectivity index (χ4v) is 3.72. The van der Waals surface area contributed by atoms with E-state index in [9.17, 15) is 22.4 Å². The van der Waals surface area contributed by atoms with Gasteiger partial charge in [-0.3, -0.25) is 9.69 Å². The summed E-state index contributed by atoms with van der Waals surface area (Å²) < 4.78 is 57.2. The Bertz CT molecular complexity index is 1110. The first-order valence-electron chi connectivity index (χ1n) is 9.82. The molecular formula is C23H20F4N2O2. The summed E-state index contributed by atoms with van der Waals surface area (Å²) in [5, 5.41) is 0.774. The summed E-state index contributed by atoms with van der Waals surface area (Å²) in [4.78, 5) is 18.1. The number of ketones is 1. The first kappa shape index (κ1) is 21.4. The summed E-state index contributed by atoms with van der Waals surface area (Å²) >= 11 is 0. The van der Waals surface area contributed by atoms with E-state index < -0.39 is 12.3 Å². The van der Waals surface area contributed by atoms with E-state index in [2.05, 4.69) is 4.98 Å². The second kappa shape index (κ2) is 8.36. The van der Waals surface area contributed by atoms with E-state index in [0.29, 0.717) is 18.6 Å². The number of halogens is 4. The molecule has 3 aromatic rings. The molecule has 2 heterocycles. The molecule has 8 heteroatoms. The maximum atomic E-state index is 13.4. The molecule has 4 nitrogen and oxygen atoms in total. The number of Topliss-reactive ketones (excluding diaryl/α,β-unsaturated/α-hetero) is 1. The van der Waals surface area contributed by atoms with Crippen molar-refractivity contribution in [2.75, 3.05) is 19.7 Å². The number of fused-ring (bicyclic) bond motifs is 1. The molecule has 4 rings (SSSR count). The Balaban J connectivity index is 1.68. The highest BCUT2D eigenvalue weighted by Gasteiger charge is 2.43. The first-order valence-corrected chi connectivity index (χ1v) is 9.82. The van der Waals surface area contributed by atoms with Crippen LogP contribution in [-0.2, 0) is 11.3 Å². The van der Waals surface area contributed by atoms with Crippen LogP contribution in [0.5, 0.6) is 0 Å². The summed E-state index contributed by atoms with van der Waals surface area (Å²) in [5.74, 6) is -0.573. The van der Waals surface area contributed by atoms with Gasteiger partial charge in [0, 0.05) is 31.9 Å². The lowest BCUT2D eigenvalue weighted by atomic mass is 9.98. The lowest BCUT2D eigenvalue weighted by Crippen LogP contribution is -2.48. The van der Waals surface area contributed by atoms with Crippen LogP contribution in [0, 0.1) is 5.82 Å². The fourth-order valence-electron chi connectivity index (χ4n) is 3.72. The topological polar surface area (TPSA) is 42.4 Å². The van der Waals surface area contributed by atoms with E-state index in [0.717, 1.165) is 22.1 Å². The van der Waals surface area contributed by atoms with Gasteiger partial charge in [0.15, 0.2) is 11.9 Å². The number of pyridine rings is 1. The number of alkyl halides is 3. The van der Waals surface area contributed by atoms with Crippen molar-refractivity contribution in [3.8, 4) is 11.1 Å². The van der Waals surface area contributed by atoms with Crippen molar-refractivity contribution in [1.29, 1.82) is 0 Å². The third-order valence-corrected chi connectivity index (χ3v) is 5.31. The quantitative estimate of drug-likeness (QED) is 0.430. The molecule has 1 saturated heterocycles. The Morgan fingerprint density at radius 3 is 2.58 bits per heavy atom. The third kappa shape index (κ3) is 4.75. The molecule has 0 radical (unpaired) electrons. The highest BCUT2D eigenvalue weighted by molar-refractivity contribution is 6.01. The number of ether oxygens (including phenoxy) is 1. The van der Waals surface area contributed by atoms with Crippen molar-refractivity contribution in [2.45, 2.75) is 25.7 Å². The van der Waals surface area contributed by atoms with Crippen LogP contribution in [0.15, 0.2) is 48.5 Å². The van der Waals surface area contributed by atoms with Crippen LogP contribution in [0.2, 0.25) is 0 Å². The molecule has 162 valence electrons. The molecule has 2 aromatic carbocycles. The van der Waals surface area contributed by atoms with E-state index in [-0.39, 0.29) is 30.4 Å². The minimum atomic E-state index is -4.40. The van der Waals surface area contributed by atoms with E-state index in [1.165, 1.54) is 19.1 Å². The van der Waals surface area contributed by atoms with Gasteiger partial charge in [0.05, 0.1) is 12.1 Å². The predicted octanol–water partition coefficient (Wildman–Crippen LogP) is 5.01. The minimum Gasteiger partial charge on any atom is -0.366 e. The number of benzene rings is 2. The van der Waals surface area contributed by atoms with Crippen LogP contribution >= 0.6 is 0 Å². The molecule has 1 aliphatic rings. The van der Waals surface area contributed by atoms with Crippen molar-refractivity contribution >= 4 is 16.7 Å². The Labute approximate surface area is 176 Å². The minimum absolute atomic E-state index is 0.0131. The monoisotopic (exact) mass is 432 g/mol. The fraction of sp³-hybridized carbons (Fsp3) is 0.304. The van der Waals surface area contributed by atoms with Gasteiger partial charge in [0.25, 0.3) is 0 Å². The molecule has 31 heavy (non-hydrogen) atoms. The van der Waals surface area contributed by atoms with Gasteiger partial charge in [-0.15, -0.1) is 0 Å². The van der Waals surface area contributed by atoms with Crippen LogP contribution in [0.25, 0.3) is 22.0 Å². The summed E-state index contributed by atoms with van der Waals surface area (Å²) in [6.07, 6.45) is -6.20. The predicted molar refractivity (Wildman–Crippen MR) is 108 cm³/mol. The summed E-state index contributed by atoms with van der Waals surface area (Å²) in [6.45, 7) is 1.90. The Morgan fingerprint density at radius 2 is 1.90 bits per heavy atom. The van der Waals surface area contributed by atoms with Crippen molar-refractivity contribution in [1.82, 2.24) is 9.88 Å². The molecule has 1 aromatic heterocycles. The van der Waals surface area contributed by atoms with Crippen molar-refractivity contribution in [3.05, 3.63) is 65.6 Å². The molecule has 1 fully saturated rings. The third-order valence-electron chi connectivity index (χ3n) is 5.31. The lowest BCUT2D eigenvalue weighted by Gasteiger charge is -2.33. The maximum Gasteiger partial charge on any atom is 0.415 e. The SMILES string of the molecule is CC(=O)c1cc(-c2ccc(F)cc2)c2ccc(CN3CCOC(C(F)(F)F)C3)cc2n1. The molecule has 0 saturated carbocycles. The number of nitrogens with zero attached hydrogens (tertiary/aromatic N) is 2. The van der Waals surface area contributed by atoms with Gasteiger partial charge in [-0.2, -0.15) is 13.2 Å². The Hall–Kier alpha value is -2.84. The van der Waals surface area contributed by atoms with Crippen molar-refractivity contribution < 1.29 is 27.1 Å². The first-order chi connectivity index (χ1) is 14.7. The van der Waals surface area contributed by atoms with E-state index in [4.69, 9.17) is 4.74 Å². The van der Waals surface area contributed by atoms with Gasteiger partial charge < -0.3 is 4.74 Å². The van der Waals surface area contributed by atoms with Gasteiger partial charge in [0.1, 0.15) is 11.5 Å². The van der Waals surface area contributed by atoms with Crippen LogP contribution in [0.4, 0.5) is 17.6 Å². The van der Waals surface area contributed by atoms with Crippen LogP contribution < -0.4 is 0 Å². The number of rotatable bonds is 4. The largest absolute Gasteiger partial charge is 0.415 e. The van der Waals surface area contributed by atoms with Crippen LogP contribution in [-0.4, -0.2) is 47.6 Å². The molecular weight excluding hydrogens is 412 g/mol. The standard InChI is InChI=1S/C23H20F4N2O2/c1-14(30)20-11-19(16-3-5-17(24)6-4-16)18-7-2-15(10-21(18)28-20)12-29-8-9-31-22(13-29)23(25,26)27/h2-7,10-11,22H,8-9,12-13H2,1H3. The summed E-state index contributed by atoms with van der Waals surface area (Å²) in [7, 11) is 0. The number of hydrogen-bond acceptors (Lipinski definition) is 4. The molecule has 1 aliphatic heterocycles. The second-order valence-corrected chi connectivity index (χ2v) is 7.61. The van der Waals surface area contributed by atoms with Gasteiger partial charge in [-0.1, -0.05) is 24.3 Å². The Kier molecular flexibility index (Phi) is 5.77. The summed E-state index contributed by atoms with van der Waals surface area (Å²) in [5.41, 5.74) is 3.10. The van der Waals surface area contributed by atoms with Crippen molar-refractivity contribution in [3.63, 3.8) is 0 Å².